The molecule has 0 saturated heterocycles. The number of nitrogens with one attached hydrogen (secondary N) is 2. The molecule has 1 aliphatic heterocycles. The quantitative estimate of drug-likeness (QED) is 0.780. The Hall–Kier alpha value is -2.58. The largest absolute Gasteiger partial charge is 0.486 e. The molecular weight excluding hydrogens is 354 g/mol. The van der Waals surface area contributed by atoms with Crippen LogP contribution in [-0.4, -0.2) is 50.6 Å². The summed E-state index contributed by atoms with van der Waals surface area (Å²) < 4.78 is 10.9. The van der Waals surface area contributed by atoms with Crippen LogP contribution in [-0.2, 0) is 9.59 Å². The van der Waals surface area contributed by atoms with Crippen LogP contribution in [0.25, 0.3) is 0 Å². The van der Waals surface area contributed by atoms with Crippen molar-refractivity contribution < 1.29 is 19.1 Å². The van der Waals surface area contributed by atoms with Crippen LogP contribution in [0.2, 0.25) is 0 Å². The smallest absolute Gasteiger partial charge is 0.313 e. The highest BCUT2D eigenvalue weighted by Crippen LogP contribution is 2.32. The van der Waals surface area contributed by atoms with Crippen molar-refractivity contribution in [2.24, 2.45) is 0 Å². The summed E-state index contributed by atoms with van der Waals surface area (Å²) >= 11 is 1.62. The summed E-state index contributed by atoms with van der Waals surface area (Å²) in [7, 11) is 3.87. The van der Waals surface area contributed by atoms with Crippen molar-refractivity contribution in [2.75, 3.05) is 39.2 Å². The maximum Gasteiger partial charge on any atom is 0.313 e. The van der Waals surface area contributed by atoms with Gasteiger partial charge in [0.2, 0.25) is 0 Å². The van der Waals surface area contributed by atoms with Crippen LogP contribution in [0.4, 0.5) is 5.69 Å². The number of hydrogen-bond acceptors (Lipinski definition) is 6. The average molecular weight is 375 g/mol. The number of ether oxygens (including phenoxy) is 2. The van der Waals surface area contributed by atoms with Crippen molar-refractivity contribution >= 4 is 28.8 Å². The number of nitrogens with zero attached hydrogens (tertiary/aromatic N) is 1. The van der Waals surface area contributed by atoms with Crippen LogP contribution in [0, 0.1) is 0 Å². The second-order valence-corrected chi connectivity index (χ2v) is 7.00. The Kier molecular flexibility index (Phi) is 5.75. The van der Waals surface area contributed by atoms with E-state index in [0.29, 0.717) is 36.9 Å². The Labute approximate surface area is 155 Å². The fraction of sp³-hybridized carbons (Fsp3) is 0.333. The second-order valence-electron chi connectivity index (χ2n) is 6.02. The summed E-state index contributed by atoms with van der Waals surface area (Å²) in [4.78, 5) is 27.4. The molecule has 2 amide bonds. The Balaban J connectivity index is 1.57. The van der Waals surface area contributed by atoms with E-state index in [0.717, 1.165) is 4.88 Å². The minimum Gasteiger partial charge on any atom is -0.486 e. The molecule has 2 aromatic rings. The summed E-state index contributed by atoms with van der Waals surface area (Å²) in [6, 6.07) is 9.02. The first kappa shape index (κ1) is 18.2. The fourth-order valence-electron chi connectivity index (χ4n) is 2.60. The zero-order chi connectivity index (χ0) is 18.5. The molecule has 0 aliphatic carbocycles. The lowest BCUT2D eigenvalue weighted by Gasteiger charge is -2.23. The van der Waals surface area contributed by atoms with Crippen LogP contribution in [0.1, 0.15) is 10.9 Å². The van der Waals surface area contributed by atoms with E-state index in [4.69, 9.17) is 9.47 Å². The number of hydrogen-bond donors (Lipinski definition) is 2. The van der Waals surface area contributed by atoms with Gasteiger partial charge in [-0.05, 0) is 37.7 Å². The van der Waals surface area contributed by atoms with Crippen LogP contribution in [0.15, 0.2) is 35.7 Å². The van der Waals surface area contributed by atoms with E-state index in [9.17, 15) is 9.59 Å². The van der Waals surface area contributed by atoms with Crippen molar-refractivity contribution in [1.29, 1.82) is 0 Å². The molecule has 138 valence electrons. The van der Waals surface area contributed by atoms with Gasteiger partial charge in [-0.15, -0.1) is 11.3 Å². The highest BCUT2D eigenvalue weighted by atomic mass is 32.1. The van der Waals surface area contributed by atoms with E-state index >= 15 is 0 Å². The molecule has 0 saturated carbocycles. The minimum atomic E-state index is -0.717. The van der Waals surface area contributed by atoms with E-state index in [-0.39, 0.29) is 6.04 Å². The number of likely N-dealkylation sites (N-methyl/N-ethyl adjacent to an activating group) is 1. The number of amides is 2. The van der Waals surface area contributed by atoms with Gasteiger partial charge in [0.05, 0.1) is 6.04 Å². The molecular formula is C18H21N3O4S. The van der Waals surface area contributed by atoms with Crippen LogP contribution < -0.4 is 20.1 Å². The predicted molar refractivity (Wildman–Crippen MR) is 99.8 cm³/mol. The summed E-state index contributed by atoms with van der Waals surface area (Å²) in [5.41, 5.74) is 0.483. The van der Waals surface area contributed by atoms with Crippen molar-refractivity contribution in [3.8, 4) is 11.5 Å². The molecule has 0 radical (unpaired) electrons. The molecule has 2 N–H and O–H groups in total. The SMILES string of the molecule is CN(C)[C@@H](CNC(=O)C(=O)Nc1ccc2c(c1)OCCO2)c1cccs1. The number of carbonyl (C=O) groups excluding carboxylic acids is 2. The summed E-state index contributed by atoms with van der Waals surface area (Å²) in [5.74, 6) is -0.211. The third-order valence-corrected chi connectivity index (χ3v) is 4.93. The molecule has 1 atom stereocenters. The van der Waals surface area contributed by atoms with Gasteiger partial charge in [-0.25, -0.2) is 0 Å². The van der Waals surface area contributed by atoms with E-state index < -0.39 is 11.8 Å². The number of anilines is 1. The maximum absolute atomic E-state index is 12.1. The molecule has 0 unspecified atom stereocenters. The Morgan fingerprint density at radius 1 is 1.15 bits per heavy atom. The first-order valence-electron chi connectivity index (χ1n) is 8.23. The lowest BCUT2D eigenvalue weighted by molar-refractivity contribution is -0.136. The first-order valence-corrected chi connectivity index (χ1v) is 9.11. The van der Waals surface area contributed by atoms with Crippen LogP contribution in [0.3, 0.4) is 0 Å². The normalized spacial score (nSPS) is 14.0. The van der Waals surface area contributed by atoms with Gasteiger partial charge in [-0.1, -0.05) is 6.07 Å². The molecule has 2 heterocycles. The van der Waals surface area contributed by atoms with Crippen LogP contribution >= 0.6 is 11.3 Å². The van der Waals surface area contributed by atoms with E-state index in [1.807, 2.05) is 36.5 Å². The monoisotopic (exact) mass is 375 g/mol. The molecule has 1 aromatic heterocycles. The van der Waals surface area contributed by atoms with Gasteiger partial charge >= 0.3 is 11.8 Å². The van der Waals surface area contributed by atoms with Crippen molar-refractivity contribution in [3.05, 3.63) is 40.6 Å². The van der Waals surface area contributed by atoms with Gasteiger partial charge < -0.3 is 25.0 Å². The summed E-state index contributed by atoms with van der Waals surface area (Å²) in [6.07, 6.45) is 0. The third-order valence-electron chi connectivity index (χ3n) is 3.96. The van der Waals surface area contributed by atoms with Gasteiger partial charge in [0, 0.05) is 23.2 Å². The lowest BCUT2D eigenvalue weighted by Crippen LogP contribution is -2.40. The van der Waals surface area contributed by atoms with Crippen LogP contribution in [0.5, 0.6) is 11.5 Å². The standard InChI is InChI=1S/C18H21N3O4S/c1-21(2)13(16-4-3-9-26-16)11-19-17(22)18(23)20-12-5-6-14-15(10-12)25-8-7-24-14/h3-6,9-10,13H,7-8,11H2,1-2H3,(H,19,22)(H,20,23)/t13-/m0/s1. The van der Waals surface area contributed by atoms with Crippen molar-refractivity contribution in [2.45, 2.75) is 6.04 Å². The zero-order valence-corrected chi connectivity index (χ0v) is 15.5. The number of carbonyl (C=O) groups is 2. The topological polar surface area (TPSA) is 79.9 Å². The Morgan fingerprint density at radius 2 is 1.92 bits per heavy atom. The van der Waals surface area contributed by atoms with Gasteiger partial charge in [-0.2, -0.15) is 0 Å². The minimum absolute atomic E-state index is 0.0149. The molecule has 0 bridgehead atoms. The van der Waals surface area contributed by atoms with Gasteiger partial charge in [0.25, 0.3) is 0 Å². The van der Waals surface area contributed by atoms with Gasteiger partial charge in [0.15, 0.2) is 11.5 Å². The number of fused-ring (bicyclic) bond motifs is 1. The highest BCUT2D eigenvalue weighted by molar-refractivity contribution is 7.10. The summed E-state index contributed by atoms with van der Waals surface area (Å²) in [5, 5.41) is 7.26. The Bertz CT molecular complexity index is 777. The van der Waals surface area contributed by atoms with Crippen molar-refractivity contribution in [3.63, 3.8) is 0 Å². The van der Waals surface area contributed by atoms with Crippen molar-refractivity contribution in [1.82, 2.24) is 10.2 Å². The number of benzene rings is 1. The molecule has 1 aromatic carbocycles. The maximum atomic E-state index is 12.1. The van der Waals surface area contributed by atoms with Gasteiger partial charge in [-0.3, -0.25) is 9.59 Å². The zero-order valence-electron chi connectivity index (χ0n) is 14.7. The molecule has 0 spiro atoms. The fourth-order valence-corrected chi connectivity index (χ4v) is 3.52. The average Bonchev–Trinajstić information content (AvgIpc) is 3.15. The first-order chi connectivity index (χ1) is 12.5. The number of rotatable bonds is 5. The lowest BCUT2D eigenvalue weighted by atomic mass is 10.2. The molecule has 1 aliphatic rings. The molecule has 0 fully saturated rings. The number of thiophene rings is 1. The van der Waals surface area contributed by atoms with E-state index in [2.05, 4.69) is 10.6 Å². The van der Waals surface area contributed by atoms with E-state index in [1.165, 1.54) is 0 Å². The Morgan fingerprint density at radius 3 is 2.62 bits per heavy atom. The third kappa shape index (κ3) is 4.33. The highest BCUT2D eigenvalue weighted by Gasteiger charge is 2.20. The predicted octanol–water partition coefficient (Wildman–Crippen LogP) is 1.88. The summed E-state index contributed by atoms with van der Waals surface area (Å²) in [6.45, 7) is 1.30. The van der Waals surface area contributed by atoms with Gasteiger partial charge in [0.1, 0.15) is 13.2 Å². The molecule has 3 rings (SSSR count). The molecule has 8 heteroatoms. The molecule has 7 nitrogen and oxygen atoms in total. The van der Waals surface area contributed by atoms with E-state index in [1.54, 1.807) is 29.5 Å². The second kappa shape index (κ2) is 8.20. The molecule has 26 heavy (non-hydrogen) atoms.